The van der Waals surface area contributed by atoms with Crippen molar-refractivity contribution in [3.8, 4) is 0 Å². The molecule has 0 saturated heterocycles. The van der Waals surface area contributed by atoms with E-state index in [4.69, 9.17) is 5.73 Å². The summed E-state index contributed by atoms with van der Waals surface area (Å²) in [6.45, 7) is 4.25. The predicted octanol–water partition coefficient (Wildman–Crippen LogP) is 3.23. The second kappa shape index (κ2) is 5.09. The first-order valence-electron chi connectivity index (χ1n) is 6.67. The highest BCUT2D eigenvalue weighted by atomic mass is 16.3. The van der Waals surface area contributed by atoms with Crippen LogP contribution in [0.5, 0.6) is 0 Å². The van der Waals surface area contributed by atoms with E-state index in [9.17, 15) is 5.11 Å². The van der Waals surface area contributed by atoms with Gasteiger partial charge in [-0.25, -0.2) is 0 Å². The molecule has 0 spiro atoms. The number of nitrogens with two attached hydrogens (primary N) is 1. The summed E-state index contributed by atoms with van der Waals surface area (Å²) in [6, 6.07) is 4.21. The summed E-state index contributed by atoms with van der Waals surface area (Å²) in [5.74, 6) is 0.487. The zero-order chi connectivity index (χ0) is 12.4. The first-order chi connectivity index (χ1) is 8.08. The predicted molar refractivity (Wildman–Crippen MR) is 71.9 cm³/mol. The van der Waals surface area contributed by atoms with Crippen molar-refractivity contribution >= 4 is 5.69 Å². The lowest BCUT2D eigenvalue weighted by Gasteiger charge is -2.21. The van der Waals surface area contributed by atoms with Gasteiger partial charge in [0.15, 0.2) is 0 Å². The van der Waals surface area contributed by atoms with Crippen LogP contribution in [0.4, 0.5) is 5.69 Å². The molecule has 0 aliphatic heterocycles. The van der Waals surface area contributed by atoms with Gasteiger partial charge in [0, 0.05) is 11.3 Å². The molecule has 0 fully saturated rings. The quantitative estimate of drug-likeness (QED) is 0.787. The average molecular weight is 233 g/mol. The van der Waals surface area contributed by atoms with Crippen molar-refractivity contribution in [1.29, 1.82) is 0 Å². The molecule has 3 N–H and O–H groups in total. The van der Waals surface area contributed by atoms with E-state index in [0.29, 0.717) is 5.92 Å². The Balaban J connectivity index is 2.28. The number of benzene rings is 1. The van der Waals surface area contributed by atoms with Gasteiger partial charge < -0.3 is 10.8 Å². The number of anilines is 1. The Hall–Kier alpha value is -1.02. The van der Waals surface area contributed by atoms with Crippen molar-refractivity contribution in [3.05, 3.63) is 28.8 Å². The average Bonchev–Trinajstić information content (AvgIpc) is 2.27. The van der Waals surface area contributed by atoms with E-state index in [-0.39, 0.29) is 0 Å². The van der Waals surface area contributed by atoms with Crippen LogP contribution in [-0.2, 0) is 12.8 Å². The van der Waals surface area contributed by atoms with Crippen LogP contribution in [0.1, 0.15) is 55.9 Å². The third-order valence-corrected chi connectivity index (χ3v) is 3.60. The van der Waals surface area contributed by atoms with Crippen molar-refractivity contribution in [2.75, 3.05) is 5.73 Å². The second-order valence-corrected chi connectivity index (χ2v) is 5.60. The van der Waals surface area contributed by atoms with Crippen LogP contribution in [0.3, 0.4) is 0 Å². The minimum Gasteiger partial charge on any atom is -0.398 e. The molecule has 0 amide bonds. The number of hydrogen-bond donors (Lipinski definition) is 2. The summed E-state index contributed by atoms with van der Waals surface area (Å²) in [4.78, 5) is 0. The number of nitrogen functional groups attached to an aromatic ring is 1. The lowest BCUT2D eigenvalue weighted by atomic mass is 9.87. The molecule has 17 heavy (non-hydrogen) atoms. The van der Waals surface area contributed by atoms with Gasteiger partial charge in [0.05, 0.1) is 6.10 Å². The van der Waals surface area contributed by atoms with Crippen LogP contribution >= 0.6 is 0 Å². The Labute approximate surface area is 104 Å². The summed E-state index contributed by atoms with van der Waals surface area (Å²) in [5.41, 5.74) is 10.5. The van der Waals surface area contributed by atoms with Gasteiger partial charge >= 0.3 is 0 Å². The summed E-state index contributed by atoms with van der Waals surface area (Å²) in [6.07, 6.45) is 5.17. The fraction of sp³-hybridized carbons (Fsp3) is 0.600. The molecule has 1 atom stereocenters. The maximum Gasteiger partial charge on any atom is 0.0812 e. The molecular weight excluding hydrogens is 210 g/mol. The normalized spacial score (nSPS) is 16.9. The molecule has 1 aliphatic carbocycles. The number of aliphatic hydroxyl groups is 1. The molecule has 2 nitrogen and oxygen atoms in total. The van der Waals surface area contributed by atoms with Crippen LogP contribution in [0.25, 0.3) is 0 Å². The molecule has 1 aromatic carbocycles. The Morgan fingerprint density at radius 3 is 2.35 bits per heavy atom. The van der Waals surface area contributed by atoms with E-state index in [1.807, 2.05) is 0 Å². The van der Waals surface area contributed by atoms with E-state index < -0.39 is 6.10 Å². The molecule has 0 saturated carbocycles. The van der Waals surface area contributed by atoms with Crippen LogP contribution in [0.15, 0.2) is 12.1 Å². The fourth-order valence-electron chi connectivity index (χ4n) is 2.69. The molecule has 0 aromatic heterocycles. The van der Waals surface area contributed by atoms with Gasteiger partial charge in [-0.05, 0) is 55.2 Å². The lowest BCUT2D eigenvalue weighted by Crippen LogP contribution is -2.10. The van der Waals surface area contributed by atoms with Crippen molar-refractivity contribution in [2.24, 2.45) is 5.92 Å². The molecule has 0 bridgehead atoms. The first kappa shape index (κ1) is 12.4. The third-order valence-electron chi connectivity index (χ3n) is 3.60. The molecule has 2 heteroatoms. The van der Waals surface area contributed by atoms with Crippen molar-refractivity contribution in [3.63, 3.8) is 0 Å². The second-order valence-electron chi connectivity index (χ2n) is 5.60. The topological polar surface area (TPSA) is 46.2 Å². The summed E-state index contributed by atoms with van der Waals surface area (Å²) >= 11 is 0. The van der Waals surface area contributed by atoms with Crippen LogP contribution in [-0.4, -0.2) is 5.11 Å². The van der Waals surface area contributed by atoms with Crippen molar-refractivity contribution in [2.45, 2.75) is 52.1 Å². The highest BCUT2D eigenvalue weighted by Crippen LogP contribution is 2.31. The smallest absolute Gasteiger partial charge is 0.0812 e. The number of aryl methyl sites for hydroxylation is 2. The van der Waals surface area contributed by atoms with Crippen LogP contribution < -0.4 is 5.73 Å². The number of hydrogen-bond acceptors (Lipinski definition) is 2. The van der Waals surface area contributed by atoms with Gasteiger partial charge in [-0.2, -0.15) is 0 Å². The van der Waals surface area contributed by atoms with Crippen molar-refractivity contribution < 1.29 is 5.11 Å². The monoisotopic (exact) mass is 233 g/mol. The molecule has 2 rings (SSSR count). The van der Waals surface area contributed by atoms with Gasteiger partial charge in [-0.3, -0.25) is 0 Å². The fourth-order valence-corrected chi connectivity index (χ4v) is 2.69. The minimum absolute atomic E-state index is 0.415. The van der Waals surface area contributed by atoms with E-state index >= 15 is 0 Å². The highest BCUT2D eigenvalue weighted by molar-refractivity contribution is 5.54. The van der Waals surface area contributed by atoms with Crippen LogP contribution in [0, 0.1) is 5.92 Å². The van der Waals surface area contributed by atoms with E-state index in [2.05, 4.69) is 26.0 Å². The third kappa shape index (κ3) is 2.81. The minimum atomic E-state index is -0.415. The molecule has 0 radical (unpaired) electrons. The highest BCUT2D eigenvalue weighted by Gasteiger charge is 2.17. The van der Waals surface area contributed by atoms with Gasteiger partial charge in [-0.15, -0.1) is 0 Å². The van der Waals surface area contributed by atoms with Gasteiger partial charge in [0.2, 0.25) is 0 Å². The van der Waals surface area contributed by atoms with Gasteiger partial charge in [0.25, 0.3) is 0 Å². The summed E-state index contributed by atoms with van der Waals surface area (Å²) in [5, 5.41) is 10.2. The lowest BCUT2D eigenvalue weighted by molar-refractivity contribution is 0.151. The largest absolute Gasteiger partial charge is 0.398 e. The molecular formula is C15H23NO. The first-order valence-corrected chi connectivity index (χ1v) is 6.67. The Morgan fingerprint density at radius 2 is 1.76 bits per heavy atom. The Bertz CT molecular complexity index is 398. The maximum absolute atomic E-state index is 10.2. The molecule has 1 unspecified atom stereocenters. The Kier molecular flexibility index (Phi) is 3.72. The van der Waals surface area contributed by atoms with E-state index in [1.165, 1.54) is 24.0 Å². The molecule has 94 valence electrons. The Morgan fingerprint density at radius 1 is 1.18 bits per heavy atom. The number of rotatable bonds is 3. The zero-order valence-electron chi connectivity index (χ0n) is 10.9. The number of fused-ring (bicyclic) bond motifs is 1. The van der Waals surface area contributed by atoms with Crippen LogP contribution in [0.2, 0.25) is 0 Å². The van der Waals surface area contributed by atoms with Crippen molar-refractivity contribution in [1.82, 2.24) is 0 Å². The summed E-state index contributed by atoms with van der Waals surface area (Å²) < 4.78 is 0. The number of aliphatic hydroxyl groups excluding tert-OH is 1. The van der Waals surface area contributed by atoms with Gasteiger partial charge in [-0.1, -0.05) is 19.9 Å². The SMILES string of the molecule is CC(C)CC(O)c1cc2c(cc1N)CCCC2. The van der Waals surface area contributed by atoms with E-state index in [0.717, 1.165) is 30.5 Å². The standard InChI is InChI=1S/C15H23NO/c1-10(2)7-15(17)13-8-11-5-3-4-6-12(11)9-14(13)16/h8-10,15,17H,3-7,16H2,1-2H3. The van der Waals surface area contributed by atoms with E-state index in [1.54, 1.807) is 0 Å². The zero-order valence-corrected chi connectivity index (χ0v) is 10.9. The maximum atomic E-state index is 10.2. The summed E-state index contributed by atoms with van der Waals surface area (Å²) in [7, 11) is 0. The van der Waals surface area contributed by atoms with Gasteiger partial charge in [0.1, 0.15) is 0 Å². The molecule has 0 heterocycles. The molecule has 1 aromatic rings. The molecule has 1 aliphatic rings.